The quantitative estimate of drug-likeness (QED) is 0.393. The fourth-order valence-electron chi connectivity index (χ4n) is 3.55. The molecule has 3 aromatic carbocycles. The van der Waals surface area contributed by atoms with Crippen molar-refractivity contribution in [2.45, 2.75) is 6.54 Å². The van der Waals surface area contributed by atoms with Gasteiger partial charge >= 0.3 is 0 Å². The van der Waals surface area contributed by atoms with E-state index in [-0.39, 0.29) is 5.91 Å². The molecule has 0 aliphatic heterocycles. The van der Waals surface area contributed by atoms with Gasteiger partial charge in [-0.25, -0.2) is 4.98 Å². The summed E-state index contributed by atoms with van der Waals surface area (Å²) in [6.45, 7) is 0.395. The van der Waals surface area contributed by atoms with Crippen molar-refractivity contribution >= 4 is 28.6 Å². The van der Waals surface area contributed by atoms with Crippen molar-refractivity contribution in [2.75, 3.05) is 21.3 Å². The lowest BCUT2D eigenvalue weighted by molar-refractivity contribution is -0.115. The minimum Gasteiger partial charge on any atom is -0.493 e. The van der Waals surface area contributed by atoms with Gasteiger partial charge in [0.2, 0.25) is 5.75 Å². The Morgan fingerprint density at radius 1 is 0.939 bits per heavy atom. The minimum atomic E-state index is -0.258. The predicted molar refractivity (Wildman–Crippen MR) is 128 cm³/mol. The molecule has 7 heteroatoms. The Balaban J connectivity index is 1.76. The summed E-state index contributed by atoms with van der Waals surface area (Å²) in [5, 5.41) is 2.99. The van der Waals surface area contributed by atoms with Gasteiger partial charge in [0.25, 0.3) is 5.91 Å². The van der Waals surface area contributed by atoms with Gasteiger partial charge in [0.05, 0.1) is 37.9 Å². The summed E-state index contributed by atoms with van der Waals surface area (Å²) in [5.41, 5.74) is 3.71. The number of nitrogens with one attached hydrogen (secondary N) is 2. The van der Waals surface area contributed by atoms with Crippen LogP contribution in [0.15, 0.2) is 66.7 Å². The first-order valence-electron chi connectivity index (χ1n) is 10.4. The summed E-state index contributed by atoms with van der Waals surface area (Å²) >= 11 is 0. The molecule has 4 aromatic rings. The number of carbonyl (C=O) groups excluding carboxylic acids is 1. The second-order valence-electron chi connectivity index (χ2n) is 7.29. The maximum absolute atomic E-state index is 13.3. The molecule has 0 saturated carbocycles. The van der Waals surface area contributed by atoms with Gasteiger partial charge < -0.3 is 24.5 Å². The van der Waals surface area contributed by atoms with Crippen molar-refractivity contribution in [3.8, 4) is 17.2 Å². The molecule has 1 aromatic heterocycles. The van der Waals surface area contributed by atoms with Crippen molar-refractivity contribution < 1.29 is 19.0 Å². The lowest BCUT2D eigenvalue weighted by Crippen LogP contribution is -2.24. The highest BCUT2D eigenvalue weighted by Crippen LogP contribution is 2.39. The zero-order valence-electron chi connectivity index (χ0n) is 18.7. The van der Waals surface area contributed by atoms with E-state index in [9.17, 15) is 4.79 Å². The van der Waals surface area contributed by atoms with Crippen molar-refractivity contribution in [3.63, 3.8) is 0 Å². The maximum atomic E-state index is 13.3. The molecule has 4 rings (SSSR count). The number of ether oxygens (including phenoxy) is 3. The first kappa shape index (κ1) is 22.0. The largest absolute Gasteiger partial charge is 0.493 e. The van der Waals surface area contributed by atoms with E-state index in [1.165, 1.54) is 0 Å². The van der Waals surface area contributed by atoms with Crippen LogP contribution in [-0.4, -0.2) is 37.2 Å². The molecular formula is C26H25N3O4. The average Bonchev–Trinajstić information content (AvgIpc) is 3.29. The summed E-state index contributed by atoms with van der Waals surface area (Å²) < 4.78 is 16.3. The topological polar surface area (TPSA) is 85.5 Å². The van der Waals surface area contributed by atoms with Gasteiger partial charge in [-0.1, -0.05) is 42.5 Å². The number of rotatable bonds is 8. The Morgan fingerprint density at radius 2 is 1.61 bits per heavy atom. The molecule has 0 fully saturated rings. The van der Waals surface area contributed by atoms with E-state index in [1.54, 1.807) is 39.5 Å². The molecule has 0 radical (unpaired) electrons. The van der Waals surface area contributed by atoms with Crippen LogP contribution < -0.4 is 19.5 Å². The smallest absolute Gasteiger partial charge is 0.255 e. The van der Waals surface area contributed by atoms with E-state index in [0.717, 1.165) is 16.6 Å². The SMILES string of the molecule is COc1cc(/C=C(/C(=O)NCc2ccccc2)c2nc3ccccc3[nH]2)cc(OC)c1OC. The van der Waals surface area contributed by atoms with Crippen LogP contribution in [0.2, 0.25) is 0 Å². The standard InChI is InChI=1S/C26H25N3O4/c1-31-22-14-18(15-23(32-2)24(22)33-3)13-19(25-28-20-11-7-8-12-21(20)29-25)26(30)27-16-17-9-5-4-6-10-17/h4-15H,16H2,1-3H3,(H,27,30)(H,28,29)/b19-13+. The molecule has 0 atom stereocenters. The van der Waals surface area contributed by atoms with Crippen molar-refractivity contribution in [1.29, 1.82) is 0 Å². The van der Waals surface area contributed by atoms with Crippen LogP contribution in [0.5, 0.6) is 17.2 Å². The number of hydrogen-bond acceptors (Lipinski definition) is 5. The van der Waals surface area contributed by atoms with Crippen molar-refractivity contribution in [1.82, 2.24) is 15.3 Å². The average molecular weight is 444 g/mol. The Kier molecular flexibility index (Phi) is 6.59. The van der Waals surface area contributed by atoms with Gasteiger partial charge in [-0.05, 0) is 41.5 Å². The first-order valence-corrected chi connectivity index (χ1v) is 10.4. The molecular weight excluding hydrogens is 418 g/mol. The number of H-pyrrole nitrogens is 1. The number of hydrogen-bond donors (Lipinski definition) is 2. The van der Waals surface area contributed by atoms with E-state index in [1.807, 2.05) is 54.6 Å². The van der Waals surface area contributed by atoms with Crippen LogP contribution >= 0.6 is 0 Å². The van der Waals surface area contributed by atoms with Crippen LogP contribution in [0, 0.1) is 0 Å². The lowest BCUT2D eigenvalue weighted by atomic mass is 10.1. The van der Waals surface area contributed by atoms with Crippen LogP contribution in [-0.2, 0) is 11.3 Å². The first-order chi connectivity index (χ1) is 16.1. The number of aromatic nitrogens is 2. The number of para-hydroxylation sites is 2. The highest BCUT2D eigenvalue weighted by molar-refractivity contribution is 6.23. The molecule has 7 nitrogen and oxygen atoms in total. The molecule has 0 spiro atoms. The second kappa shape index (κ2) is 9.91. The summed E-state index contributed by atoms with van der Waals surface area (Å²) in [7, 11) is 4.65. The van der Waals surface area contributed by atoms with E-state index >= 15 is 0 Å². The van der Waals surface area contributed by atoms with Gasteiger partial charge in [0.15, 0.2) is 11.5 Å². The third kappa shape index (κ3) is 4.82. The van der Waals surface area contributed by atoms with Crippen LogP contribution in [0.1, 0.15) is 17.0 Å². The zero-order chi connectivity index (χ0) is 23.2. The van der Waals surface area contributed by atoms with Crippen molar-refractivity contribution in [2.24, 2.45) is 0 Å². The summed E-state index contributed by atoms with van der Waals surface area (Å²) in [6, 6.07) is 21.0. The molecule has 0 aliphatic rings. The number of fused-ring (bicyclic) bond motifs is 1. The molecule has 1 heterocycles. The van der Waals surface area contributed by atoms with E-state index in [0.29, 0.717) is 40.8 Å². The van der Waals surface area contributed by atoms with E-state index in [2.05, 4.69) is 15.3 Å². The van der Waals surface area contributed by atoms with E-state index in [4.69, 9.17) is 14.2 Å². The van der Waals surface area contributed by atoms with Crippen LogP contribution in [0.3, 0.4) is 0 Å². The minimum absolute atomic E-state index is 0.258. The van der Waals surface area contributed by atoms with Gasteiger partial charge in [0.1, 0.15) is 5.82 Å². The predicted octanol–water partition coefficient (Wildman–Crippen LogP) is 4.45. The third-order valence-corrected chi connectivity index (χ3v) is 5.18. The molecule has 0 aliphatic carbocycles. The van der Waals surface area contributed by atoms with E-state index < -0.39 is 0 Å². The third-order valence-electron chi connectivity index (χ3n) is 5.18. The Morgan fingerprint density at radius 3 is 2.24 bits per heavy atom. The van der Waals surface area contributed by atoms with Gasteiger partial charge in [-0.15, -0.1) is 0 Å². The fourth-order valence-corrected chi connectivity index (χ4v) is 3.55. The maximum Gasteiger partial charge on any atom is 0.255 e. The molecule has 33 heavy (non-hydrogen) atoms. The molecule has 0 saturated heterocycles. The number of benzene rings is 3. The number of imidazole rings is 1. The van der Waals surface area contributed by atoms with Gasteiger partial charge in [-0.2, -0.15) is 0 Å². The van der Waals surface area contributed by atoms with Crippen LogP contribution in [0.4, 0.5) is 0 Å². The number of amides is 1. The number of nitrogens with zero attached hydrogens (tertiary/aromatic N) is 1. The normalized spacial score (nSPS) is 11.3. The molecule has 2 N–H and O–H groups in total. The highest BCUT2D eigenvalue weighted by Gasteiger charge is 2.18. The number of methoxy groups -OCH3 is 3. The van der Waals surface area contributed by atoms with Gasteiger partial charge in [-0.3, -0.25) is 4.79 Å². The number of carbonyl (C=O) groups is 1. The van der Waals surface area contributed by atoms with Gasteiger partial charge in [0, 0.05) is 6.54 Å². The number of aromatic amines is 1. The second-order valence-corrected chi connectivity index (χ2v) is 7.29. The molecule has 0 bridgehead atoms. The zero-order valence-corrected chi connectivity index (χ0v) is 18.7. The Bertz CT molecular complexity index is 1240. The van der Waals surface area contributed by atoms with Crippen LogP contribution in [0.25, 0.3) is 22.7 Å². The summed E-state index contributed by atoms with van der Waals surface area (Å²) in [6.07, 6.45) is 1.75. The summed E-state index contributed by atoms with van der Waals surface area (Å²) in [5.74, 6) is 1.69. The highest BCUT2D eigenvalue weighted by atomic mass is 16.5. The Labute approximate surface area is 192 Å². The Hall–Kier alpha value is -4.26. The molecule has 1 amide bonds. The molecule has 0 unspecified atom stereocenters. The lowest BCUT2D eigenvalue weighted by Gasteiger charge is -2.13. The molecule has 168 valence electrons. The fraction of sp³-hybridized carbons (Fsp3) is 0.154. The summed E-state index contributed by atoms with van der Waals surface area (Å²) in [4.78, 5) is 21.2. The monoisotopic (exact) mass is 443 g/mol. The van der Waals surface area contributed by atoms with Crippen molar-refractivity contribution in [3.05, 3.63) is 83.7 Å².